The van der Waals surface area contributed by atoms with Crippen LogP contribution < -0.4 is 10.6 Å². The Labute approximate surface area is 221 Å². The second-order valence-electron chi connectivity index (χ2n) is 8.43. The Hall–Kier alpha value is -4.22. The number of fused-ring (bicyclic) bond motifs is 1. The van der Waals surface area contributed by atoms with Gasteiger partial charge < -0.3 is 24.8 Å². The first-order chi connectivity index (χ1) is 18.5. The monoisotopic (exact) mass is 519 g/mol. The fourth-order valence-corrected chi connectivity index (χ4v) is 4.21. The minimum absolute atomic E-state index is 0.272. The van der Waals surface area contributed by atoms with Gasteiger partial charge in [0.05, 0.1) is 43.8 Å². The van der Waals surface area contributed by atoms with E-state index in [-0.39, 0.29) is 13.2 Å². The molecule has 0 spiro atoms. The van der Waals surface area contributed by atoms with Crippen LogP contribution in [-0.4, -0.2) is 64.3 Å². The van der Waals surface area contributed by atoms with Gasteiger partial charge in [-0.25, -0.2) is 9.78 Å². The van der Waals surface area contributed by atoms with E-state index in [4.69, 9.17) is 14.2 Å². The van der Waals surface area contributed by atoms with E-state index < -0.39 is 5.97 Å². The molecule has 3 heterocycles. The molecule has 0 amide bonds. The Morgan fingerprint density at radius 1 is 1.16 bits per heavy atom. The number of aromatic nitrogens is 5. The van der Waals surface area contributed by atoms with Crippen molar-refractivity contribution in [3.63, 3.8) is 0 Å². The minimum Gasteiger partial charge on any atom is -0.463 e. The van der Waals surface area contributed by atoms with Gasteiger partial charge in [-0.2, -0.15) is 5.10 Å². The first-order valence-electron chi connectivity index (χ1n) is 12.3. The molecule has 0 unspecified atom stereocenters. The lowest BCUT2D eigenvalue weighted by Crippen LogP contribution is -2.09. The van der Waals surface area contributed by atoms with Crippen molar-refractivity contribution in [1.82, 2.24) is 24.3 Å². The summed E-state index contributed by atoms with van der Waals surface area (Å²) in [6.45, 7) is 5.20. The number of esters is 1. The predicted octanol–water partition coefficient (Wildman–Crippen LogP) is 3.68. The number of benzene rings is 1. The number of nitrogens with one attached hydrogen (secondary N) is 2. The smallest absolute Gasteiger partial charge is 0.332 e. The Morgan fingerprint density at radius 2 is 1.95 bits per heavy atom. The van der Waals surface area contributed by atoms with Gasteiger partial charge in [0.1, 0.15) is 28.5 Å². The zero-order valence-corrected chi connectivity index (χ0v) is 22.3. The Morgan fingerprint density at radius 3 is 2.66 bits per heavy atom. The van der Waals surface area contributed by atoms with E-state index in [1.807, 2.05) is 51.4 Å². The van der Waals surface area contributed by atoms with E-state index in [0.717, 1.165) is 33.9 Å². The van der Waals surface area contributed by atoms with Crippen LogP contribution in [0.2, 0.25) is 0 Å². The van der Waals surface area contributed by atoms with Crippen LogP contribution in [0.1, 0.15) is 24.0 Å². The van der Waals surface area contributed by atoms with Crippen LogP contribution in [0.5, 0.6) is 0 Å². The SMILES string of the molecule is CCOC(=O)C=C(Nc1c(COCCOC)nn(C)c1NC)c1ccc(-n2c(C)nc3cnccc32)cc1. The molecule has 0 radical (unpaired) electrons. The number of hydrogen-bond donors (Lipinski definition) is 2. The lowest BCUT2D eigenvalue weighted by molar-refractivity contribution is -0.137. The topological polar surface area (TPSA) is 117 Å². The van der Waals surface area contributed by atoms with Crippen molar-refractivity contribution in [3.8, 4) is 5.69 Å². The van der Waals surface area contributed by atoms with Gasteiger partial charge in [-0.1, -0.05) is 12.1 Å². The van der Waals surface area contributed by atoms with Gasteiger partial charge in [-0.15, -0.1) is 0 Å². The molecule has 0 aliphatic carbocycles. The van der Waals surface area contributed by atoms with Gasteiger partial charge in [0.15, 0.2) is 0 Å². The van der Waals surface area contributed by atoms with Crippen molar-refractivity contribution in [3.05, 3.63) is 65.9 Å². The van der Waals surface area contributed by atoms with E-state index >= 15 is 0 Å². The Kier molecular flexibility index (Phi) is 8.72. The number of imidazole rings is 1. The molecule has 4 aromatic rings. The first-order valence-corrected chi connectivity index (χ1v) is 12.3. The van der Waals surface area contributed by atoms with Gasteiger partial charge in [-0.05, 0) is 37.6 Å². The molecule has 4 rings (SSSR count). The molecule has 200 valence electrons. The third-order valence-corrected chi connectivity index (χ3v) is 5.90. The predicted molar refractivity (Wildman–Crippen MR) is 146 cm³/mol. The summed E-state index contributed by atoms with van der Waals surface area (Å²) in [4.78, 5) is 21.3. The lowest BCUT2D eigenvalue weighted by Gasteiger charge is -2.15. The van der Waals surface area contributed by atoms with Crippen LogP contribution >= 0.6 is 0 Å². The van der Waals surface area contributed by atoms with Gasteiger partial charge >= 0.3 is 5.97 Å². The lowest BCUT2D eigenvalue weighted by atomic mass is 10.1. The van der Waals surface area contributed by atoms with Crippen molar-refractivity contribution >= 4 is 34.2 Å². The number of anilines is 2. The Balaban J connectivity index is 1.69. The highest BCUT2D eigenvalue weighted by atomic mass is 16.5. The molecule has 0 saturated carbocycles. The maximum atomic E-state index is 12.5. The molecule has 0 aliphatic rings. The van der Waals surface area contributed by atoms with E-state index in [9.17, 15) is 4.79 Å². The minimum atomic E-state index is -0.448. The molecule has 0 bridgehead atoms. The summed E-state index contributed by atoms with van der Waals surface area (Å²) in [5, 5.41) is 11.2. The summed E-state index contributed by atoms with van der Waals surface area (Å²) < 4.78 is 19.8. The summed E-state index contributed by atoms with van der Waals surface area (Å²) in [7, 11) is 5.28. The highest BCUT2D eigenvalue weighted by Gasteiger charge is 2.19. The quantitative estimate of drug-likeness (QED) is 0.164. The third-order valence-electron chi connectivity index (χ3n) is 5.90. The highest BCUT2D eigenvalue weighted by molar-refractivity contribution is 5.96. The van der Waals surface area contributed by atoms with Crippen molar-refractivity contribution < 1.29 is 19.0 Å². The van der Waals surface area contributed by atoms with E-state index in [1.54, 1.807) is 31.1 Å². The fourth-order valence-electron chi connectivity index (χ4n) is 4.21. The summed E-state index contributed by atoms with van der Waals surface area (Å²) in [5.74, 6) is 1.15. The van der Waals surface area contributed by atoms with Crippen LogP contribution in [-0.2, 0) is 32.7 Å². The molecule has 0 fully saturated rings. The molecule has 3 aromatic heterocycles. The zero-order chi connectivity index (χ0) is 27.1. The molecule has 11 heteroatoms. The maximum Gasteiger partial charge on any atom is 0.332 e. The Bertz CT molecular complexity index is 1420. The van der Waals surface area contributed by atoms with Gasteiger partial charge in [-0.3, -0.25) is 14.2 Å². The van der Waals surface area contributed by atoms with Crippen LogP contribution in [0.15, 0.2) is 48.8 Å². The molecule has 38 heavy (non-hydrogen) atoms. The van der Waals surface area contributed by atoms with Crippen molar-refractivity contribution in [2.24, 2.45) is 7.05 Å². The van der Waals surface area contributed by atoms with Gasteiger partial charge in [0.2, 0.25) is 0 Å². The van der Waals surface area contributed by atoms with Crippen LogP contribution in [0, 0.1) is 6.92 Å². The van der Waals surface area contributed by atoms with Gasteiger partial charge in [0.25, 0.3) is 0 Å². The molecule has 0 atom stereocenters. The number of ether oxygens (including phenoxy) is 3. The second kappa shape index (κ2) is 12.3. The fraction of sp³-hybridized carbons (Fsp3) is 0.333. The van der Waals surface area contributed by atoms with Crippen molar-refractivity contribution in [1.29, 1.82) is 0 Å². The average molecular weight is 520 g/mol. The second-order valence-corrected chi connectivity index (χ2v) is 8.43. The first kappa shape index (κ1) is 26.8. The van der Waals surface area contributed by atoms with Crippen molar-refractivity contribution in [2.45, 2.75) is 20.5 Å². The summed E-state index contributed by atoms with van der Waals surface area (Å²) in [6.07, 6.45) is 4.95. The molecule has 1 aromatic carbocycles. The summed E-state index contributed by atoms with van der Waals surface area (Å²) in [5.41, 5.74) is 5.49. The molecular formula is C27H33N7O4. The number of nitrogens with zero attached hydrogens (tertiary/aromatic N) is 5. The standard InChI is InChI=1S/C27H33N7O4/c1-6-38-25(35)15-21(31-26-23(17-37-14-13-36-5)32-33(4)27(26)28-3)19-7-9-20(10-8-19)34-18(2)30-22-16-29-12-11-24(22)34/h7-12,15-16,28,31H,6,13-14,17H2,1-5H3. The number of pyridine rings is 1. The third kappa shape index (κ3) is 5.84. The average Bonchev–Trinajstić information content (AvgIpc) is 3.41. The number of hydrogen-bond acceptors (Lipinski definition) is 9. The van der Waals surface area contributed by atoms with Crippen LogP contribution in [0.4, 0.5) is 11.5 Å². The van der Waals surface area contributed by atoms with Crippen LogP contribution in [0.3, 0.4) is 0 Å². The summed E-state index contributed by atoms with van der Waals surface area (Å²) >= 11 is 0. The molecule has 11 nitrogen and oxygen atoms in total. The number of methoxy groups -OCH3 is 1. The molecule has 0 saturated heterocycles. The number of carbonyl (C=O) groups excluding carboxylic acids is 1. The maximum absolute atomic E-state index is 12.5. The van der Waals surface area contributed by atoms with E-state index in [0.29, 0.717) is 30.3 Å². The van der Waals surface area contributed by atoms with Crippen LogP contribution in [0.25, 0.3) is 22.4 Å². The summed E-state index contributed by atoms with van der Waals surface area (Å²) in [6, 6.07) is 9.81. The molecule has 2 N–H and O–H groups in total. The normalized spacial score (nSPS) is 11.7. The largest absolute Gasteiger partial charge is 0.463 e. The zero-order valence-electron chi connectivity index (χ0n) is 22.3. The number of aryl methyl sites for hydroxylation is 2. The molecular weight excluding hydrogens is 486 g/mol. The van der Waals surface area contributed by atoms with E-state index in [1.165, 1.54) is 6.08 Å². The van der Waals surface area contributed by atoms with Gasteiger partial charge in [0, 0.05) is 39.2 Å². The highest BCUT2D eigenvalue weighted by Crippen LogP contribution is 2.31. The van der Waals surface area contributed by atoms with E-state index in [2.05, 4.69) is 30.3 Å². The number of carbonyl (C=O) groups is 1. The number of rotatable bonds is 12. The molecule has 0 aliphatic heterocycles. The van der Waals surface area contributed by atoms with Crippen molar-refractivity contribution in [2.75, 3.05) is 44.6 Å².